The quantitative estimate of drug-likeness (QED) is 0.226. The van der Waals surface area contributed by atoms with Crippen LogP contribution in [-0.4, -0.2) is 42.0 Å². The Labute approximate surface area is 230 Å². The van der Waals surface area contributed by atoms with Crippen molar-refractivity contribution in [2.75, 3.05) is 13.2 Å². The third-order valence-electron chi connectivity index (χ3n) is 6.39. The van der Waals surface area contributed by atoms with Crippen LogP contribution in [0.3, 0.4) is 0 Å². The van der Waals surface area contributed by atoms with E-state index in [4.69, 9.17) is 9.47 Å². The third-order valence-corrected chi connectivity index (χ3v) is 8.66. The number of rotatable bonds is 9. The summed E-state index contributed by atoms with van der Waals surface area (Å²) in [6.45, 7) is 1.71. The van der Waals surface area contributed by atoms with Gasteiger partial charge in [-0.05, 0) is 65.2 Å². The highest BCUT2D eigenvalue weighted by molar-refractivity contribution is 9.10. The lowest BCUT2D eigenvalue weighted by Crippen LogP contribution is -2.45. The summed E-state index contributed by atoms with van der Waals surface area (Å²) in [7, 11) is -4.04. The highest BCUT2D eigenvalue weighted by atomic mass is 79.9. The summed E-state index contributed by atoms with van der Waals surface area (Å²) in [6, 6.07) is 9.59. The number of carbonyl (C=O) groups excluding carboxylic acids is 1. The lowest BCUT2D eigenvalue weighted by molar-refractivity contribution is -0.139. The van der Waals surface area contributed by atoms with E-state index in [0.29, 0.717) is 0 Å². The minimum Gasteiger partial charge on any atom is -0.450 e. The molecular weight excluding hydrogens is 601 g/mol. The monoisotopic (exact) mass is 622 g/mol. The molecule has 0 radical (unpaired) electrons. The average molecular weight is 623 g/mol. The molecule has 3 heterocycles. The van der Waals surface area contributed by atoms with E-state index in [-0.39, 0.29) is 70.0 Å². The first-order chi connectivity index (χ1) is 18.5. The third kappa shape index (κ3) is 5.45. The molecule has 2 aromatic carbocycles. The maximum Gasteiger partial charge on any atom is 0.269 e. The highest BCUT2D eigenvalue weighted by Crippen LogP contribution is 2.38. The van der Waals surface area contributed by atoms with E-state index >= 15 is 0 Å². The molecule has 0 N–H and O–H groups in total. The van der Waals surface area contributed by atoms with Gasteiger partial charge in [0, 0.05) is 29.7 Å². The van der Waals surface area contributed by atoms with Gasteiger partial charge in [-0.1, -0.05) is 17.7 Å². The lowest BCUT2D eigenvalue weighted by atomic mass is 9.95. The van der Waals surface area contributed by atoms with Crippen molar-refractivity contribution in [2.24, 2.45) is 0 Å². The van der Waals surface area contributed by atoms with Gasteiger partial charge in [0.1, 0.15) is 11.5 Å². The molecule has 1 fully saturated rings. The number of pyridine rings is 1. The fraction of sp³-hybridized carbons (Fsp3) is 0.259. The summed E-state index contributed by atoms with van der Waals surface area (Å²) >= 11 is 3.31. The Morgan fingerprint density at radius 1 is 1.15 bits per heavy atom. The number of benzene rings is 2. The molecule has 0 saturated carbocycles. The minimum absolute atomic E-state index is 0.00881. The molecule has 12 heteroatoms. The normalized spacial score (nSPS) is 14.8. The topological polar surface area (TPSA) is 87.5 Å². The molecule has 0 amide bonds. The molecule has 7 nitrogen and oxygen atoms in total. The van der Waals surface area contributed by atoms with E-state index in [1.165, 1.54) is 30.6 Å². The molecule has 0 bridgehead atoms. The molecule has 0 aliphatic carbocycles. The predicted molar refractivity (Wildman–Crippen MR) is 140 cm³/mol. The molecule has 5 rings (SSSR count). The summed E-state index contributed by atoms with van der Waals surface area (Å²) in [4.78, 5) is 16.4. The summed E-state index contributed by atoms with van der Waals surface area (Å²) in [5.41, 5.74) is -0.563. The van der Waals surface area contributed by atoms with E-state index < -0.39 is 33.1 Å². The second-order valence-electron chi connectivity index (χ2n) is 9.45. The first-order valence-corrected chi connectivity index (χ1v) is 14.1. The van der Waals surface area contributed by atoms with Crippen LogP contribution in [0.4, 0.5) is 13.2 Å². The zero-order valence-corrected chi connectivity index (χ0v) is 23.0. The lowest BCUT2D eigenvalue weighted by Gasteiger charge is -2.33. The minimum atomic E-state index is -4.04. The largest absolute Gasteiger partial charge is 0.450 e. The van der Waals surface area contributed by atoms with Gasteiger partial charge >= 0.3 is 0 Å². The Kier molecular flexibility index (Phi) is 7.29. The molecule has 2 aromatic heterocycles. The summed E-state index contributed by atoms with van der Waals surface area (Å²) in [5, 5.41) is 0.186. The van der Waals surface area contributed by atoms with Gasteiger partial charge in [0.15, 0.2) is 28.7 Å². The van der Waals surface area contributed by atoms with Crippen LogP contribution in [0.25, 0.3) is 11.0 Å². The smallest absolute Gasteiger partial charge is 0.269 e. The van der Waals surface area contributed by atoms with E-state index in [9.17, 15) is 26.4 Å². The molecule has 0 atom stereocenters. The Morgan fingerprint density at radius 2 is 1.82 bits per heavy atom. The summed E-state index contributed by atoms with van der Waals surface area (Å²) < 4.78 is 82.2. The standard InChI is InChI=1S/C27H22BrF3N2O5S/c1-16-2-4-19(5-3-16)39(35,36)33-13-20(28)24-23(7-9-32-26(24)33)38-25-21(29)11-17(12-22(25)30)10-18(34)6-8-27(31)14-37-15-27/h2-5,7,9,11-13H,6,8,10,14-15H2,1H3. The van der Waals surface area contributed by atoms with Gasteiger partial charge in [-0.15, -0.1) is 0 Å². The van der Waals surface area contributed by atoms with Crippen LogP contribution < -0.4 is 4.74 Å². The van der Waals surface area contributed by atoms with Crippen molar-refractivity contribution in [1.82, 2.24) is 8.96 Å². The number of hydrogen-bond acceptors (Lipinski definition) is 6. The molecule has 1 saturated heterocycles. The van der Waals surface area contributed by atoms with Crippen LogP contribution in [0.5, 0.6) is 11.5 Å². The number of hydrogen-bond donors (Lipinski definition) is 0. The SMILES string of the molecule is Cc1ccc(S(=O)(=O)n2cc(Br)c3c(Oc4c(F)cc(CC(=O)CCC5(F)COC5)cc4F)ccnc32)cc1. The Balaban J connectivity index is 1.41. The Hall–Kier alpha value is -3.22. The summed E-state index contributed by atoms with van der Waals surface area (Å²) in [6.07, 6.45) is 2.20. The van der Waals surface area contributed by atoms with Crippen LogP contribution in [0.1, 0.15) is 24.0 Å². The van der Waals surface area contributed by atoms with Crippen LogP contribution >= 0.6 is 15.9 Å². The number of fused-ring (bicyclic) bond motifs is 1. The van der Waals surface area contributed by atoms with Gasteiger partial charge in [0.05, 0.1) is 23.5 Å². The van der Waals surface area contributed by atoms with Crippen LogP contribution in [-0.2, 0) is 26.0 Å². The van der Waals surface area contributed by atoms with Gasteiger partial charge in [0.2, 0.25) is 0 Å². The molecule has 0 spiro atoms. The van der Waals surface area contributed by atoms with Crippen molar-refractivity contribution < 1.29 is 35.9 Å². The zero-order valence-electron chi connectivity index (χ0n) is 20.6. The van der Waals surface area contributed by atoms with Crippen molar-refractivity contribution in [3.8, 4) is 11.5 Å². The number of carbonyl (C=O) groups is 1. The molecule has 1 aliphatic heterocycles. The number of Topliss-reactive ketones (excluding diaryl/α,β-unsaturated/α-hetero) is 1. The number of ketones is 1. The zero-order chi connectivity index (χ0) is 27.9. The fourth-order valence-corrected chi connectivity index (χ4v) is 6.25. The summed E-state index contributed by atoms with van der Waals surface area (Å²) in [5.74, 6) is -3.24. The molecule has 204 valence electrons. The van der Waals surface area contributed by atoms with E-state index in [1.807, 2.05) is 6.92 Å². The van der Waals surface area contributed by atoms with E-state index in [1.54, 1.807) is 12.1 Å². The van der Waals surface area contributed by atoms with Crippen molar-refractivity contribution in [1.29, 1.82) is 0 Å². The fourth-order valence-electron chi connectivity index (χ4n) is 4.22. The molecular formula is C27H22BrF3N2O5S. The number of alkyl halides is 1. The van der Waals surface area contributed by atoms with Gasteiger partial charge in [0.25, 0.3) is 10.0 Å². The Bertz CT molecular complexity index is 1660. The van der Waals surface area contributed by atoms with Crippen molar-refractivity contribution in [3.63, 3.8) is 0 Å². The Morgan fingerprint density at radius 3 is 2.44 bits per heavy atom. The number of aryl methyl sites for hydroxylation is 1. The maximum absolute atomic E-state index is 15.0. The average Bonchev–Trinajstić information content (AvgIpc) is 3.22. The first kappa shape index (κ1) is 27.4. The first-order valence-electron chi connectivity index (χ1n) is 11.9. The molecule has 4 aromatic rings. The molecule has 0 unspecified atom stereocenters. The van der Waals surface area contributed by atoms with Gasteiger partial charge in [-0.3, -0.25) is 4.79 Å². The van der Waals surface area contributed by atoms with Crippen molar-refractivity contribution in [3.05, 3.63) is 82.1 Å². The van der Waals surface area contributed by atoms with E-state index in [0.717, 1.165) is 21.7 Å². The van der Waals surface area contributed by atoms with Crippen molar-refractivity contribution in [2.45, 2.75) is 36.8 Å². The van der Waals surface area contributed by atoms with Gasteiger partial charge in [-0.25, -0.2) is 30.5 Å². The van der Waals surface area contributed by atoms with Crippen LogP contribution in [0.15, 0.2) is 64.2 Å². The maximum atomic E-state index is 15.0. The second kappa shape index (κ2) is 10.4. The number of aromatic nitrogens is 2. The molecule has 39 heavy (non-hydrogen) atoms. The van der Waals surface area contributed by atoms with Crippen LogP contribution in [0, 0.1) is 18.6 Å². The van der Waals surface area contributed by atoms with Crippen molar-refractivity contribution >= 4 is 42.8 Å². The predicted octanol–water partition coefficient (Wildman–Crippen LogP) is 6.05. The number of ether oxygens (including phenoxy) is 2. The highest BCUT2D eigenvalue weighted by Gasteiger charge is 2.38. The second-order valence-corrected chi connectivity index (χ2v) is 12.1. The number of nitrogens with zero attached hydrogens (tertiary/aromatic N) is 2. The molecule has 1 aliphatic rings. The van der Waals surface area contributed by atoms with E-state index in [2.05, 4.69) is 20.9 Å². The van der Waals surface area contributed by atoms with Gasteiger partial charge in [-0.2, -0.15) is 0 Å². The number of halogens is 4. The van der Waals surface area contributed by atoms with Crippen LogP contribution in [0.2, 0.25) is 0 Å². The van der Waals surface area contributed by atoms with Gasteiger partial charge < -0.3 is 9.47 Å².